The first-order chi connectivity index (χ1) is 12.7. The number of fused-ring (bicyclic) bond motifs is 2. The van der Waals surface area contributed by atoms with E-state index in [4.69, 9.17) is 23.7 Å². The van der Waals surface area contributed by atoms with E-state index in [1.807, 2.05) is 0 Å². The van der Waals surface area contributed by atoms with Crippen LogP contribution in [-0.4, -0.2) is 38.0 Å². The molecular formula is C19H31F3O5Si. The second-order valence-electron chi connectivity index (χ2n) is 10.2. The van der Waals surface area contributed by atoms with Gasteiger partial charge in [-0.3, -0.25) is 0 Å². The topological polar surface area (TPSA) is 46.2 Å². The molecule has 0 aromatic carbocycles. The second-order valence-corrected chi connectivity index (χ2v) is 14.6. The first-order valence-corrected chi connectivity index (χ1v) is 13.6. The van der Waals surface area contributed by atoms with Crippen molar-refractivity contribution >= 4 is 8.32 Å². The van der Waals surface area contributed by atoms with Crippen LogP contribution in [0.5, 0.6) is 0 Å². The average molecular weight is 425 g/mol. The Morgan fingerprint density at radius 3 is 2.25 bits per heavy atom. The first-order valence-electron chi connectivity index (χ1n) is 10.2. The lowest BCUT2D eigenvalue weighted by Gasteiger charge is -2.63. The molecule has 0 amide bonds. The van der Waals surface area contributed by atoms with Crippen molar-refractivity contribution in [3.05, 3.63) is 0 Å². The summed E-state index contributed by atoms with van der Waals surface area (Å²) in [6, 6.07) is 0. The summed E-state index contributed by atoms with van der Waals surface area (Å²) in [5.74, 6) is -4.89. The van der Waals surface area contributed by atoms with E-state index in [2.05, 4.69) is 6.92 Å². The molecule has 2 bridgehead atoms. The zero-order chi connectivity index (χ0) is 20.8. The van der Waals surface area contributed by atoms with Crippen molar-refractivity contribution in [2.45, 2.75) is 95.7 Å². The Kier molecular flexibility index (Phi) is 4.64. The number of ether oxygens (including phenoxy) is 2. The van der Waals surface area contributed by atoms with E-state index in [0.717, 1.165) is 12.8 Å². The molecule has 4 saturated heterocycles. The molecule has 5 aliphatic rings. The van der Waals surface area contributed by atoms with Gasteiger partial charge in [-0.2, -0.15) is 13.2 Å². The van der Waals surface area contributed by atoms with Crippen LogP contribution in [0.25, 0.3) is 0 Å². The Balaban J connectivity index is 1.85. The molecule has 1 aliphatic carbocycles. The predicted molar refractivity (Wildman–Crippen MR) is 96.3 cm³/mol. The average Bonchev–Trinajstić information content (AvgIpc) is 2.76. The molecule has 0 aromatic heterocycles. The Labute approximate surface area is 165 Å². The predicted octanol–water partition coefficient (Wildman–Crippen LogP) is 4.98. The molecule has 5 nitrogen and oxygen atoms in total. The minimum Gasteiger partial charge on any atom is -0.384 e. The van der Waals surface area contributed by atoms with Crippen LogP contribution in [0.3, 0.4) is 0 Å². The standard InChI is InChI=1S/C19H31F3O5Si/c1-11-7-8-14-12(2)18(19(20,21)22,27-28(4,5)6)24-15-17(14)13(11)9-10-16(3,23-15)25-26-17/h11-15H,7-10H2,1-6H3/t11-,12-,13+,14+,15+,16-,17-,18-/m1/s1. The molecule has 28 heavy (non-hydrogen) atoms. The first kappa shape index (κ1) is 21.1. The summed E-state index contributed by atoms with van der Waals surface area (Å²) in [6.07, 6.45) is -3.11. The number of hydrogen-bond donors (Lipinski definition) is 0. The van der Waals surface area contributed by atoms with Gasteiger partial charge in [0.25, 0.3) is 5.79 Å². The van der Waals surface area contributed by atoms with Gasteiger partial charge >= 0.3 is 6.18 Å². The highest BCUT2D eigenvalue weighted by Crippen LogP contribution is 2.64. The molecule has 0 N–H and O–H groups in total. The van der Waals surface area contributed by atoms with Crippen LogP contribution in [0.2, 0.25) is 19.6 Å². The van der Waals surface area contributed by atoms with E-state index < -0.39 is 49.8 Å². The third kappa shape index (κ3) is 2.84. The van der Waals surface area contributed by atoms with Crippen molar-refractivity contribution < 1.29 is 36.8 Å². The lowest BCUT2D eigenvalue weighted by atomic mass is 9.57. The highest BCUT2D eigenvalue weighted by Gasteiger charge is 2.77. The van der Waals surface area contributed by atoms with Crippen LogP contribution in [0.15, 0.2) is 0 Å². The van der Waals surface area contributed by atoms with E-state index in [-0.39, 0.29) is 5.92 Å². The molecule has 5 rings (SSSR count). The van der Waals surface area contributed by atoms with Gasteiger partial charge in [-0.25, -0.2) is 9.78 Å². The third-order valence-corrected chi connectivity index (χ3v) is 8.03. The summed E-state index contributed by atoms with van der Waals surface area (Å²) in [5.41, 5.74) is -1.04. The summed E-state index contributed by atoms with van der Waals surface area (Å²) in [4.78, 5) is 11.6. The van der Waals surface area contributed by atoms with Gasteiger partial charge in [-0.05, 0) is 57.7 Å². The van der Waals surface area contributed by atoms with Crippen molar-refractivity contribution in [2.75, 3.05) is 0 Å². The lowest BCUT2D eigenvalue weighted by molar-refractivity contribution is -0.595. The maximum Gasteiger partial charge on any atom is 0.442 e. The monoisotopic (exact) mass is 424 g/mol. The number of hydrogen-bond acceptors (Lipinski definition) is 5. The molecule has 8 atom stereocenters. The zero-order valence-corrected chi connectivity index (χ0v) is 18.4. The van der Waals surface area contributed by atoms with Gasteiger partial charge in [0.1, 0.15) is 0 Å². The van der Waals surface area contributed by atoms with Crippen molar-refractivity contribution in [3.8, 4) is 0 Å². The molecule has 4 aliphatic heterocycles. The van der Waals surface area contributed by atoms with Crippen LogP contribution in [0.4, 0.5) is 13.2 Å². The number of alkyl halides is 3. The Morgan fingerprint density at radius 1 is 0.964 bits per heavy atom. The normalized spacial score (nSPS) is 51.5. The van der Waals surface area contributed by atoms with Crippen LogP contribution >= 0.6 is 0 Å². The number of halogens is 3. The zero-order valence-electron chi connectivity index (χ0n) is 17.4. The summed E-state index contributed by atoms with van der Waals surface area (Å²) >= 11 is 0. The Morgan fingerprint density at radius 2 is 1.64 bits per heavy atom. The van der Waals surface area contributed by atoms with Gasteiger partial charge in [0.2, 0.25) is 5.79 Å². The van der Waals surface area contributed by atoms with Crippen molar-refractivity contribution in [1.82, 2.24) is 0 Å². The summed E-state index contributed by atoms with van der Waals surface area (Å²) in [5, 5.41) is 0. The molecule has 1 saturated carbocycles. The van der Waals surface area contributed by atoms with Gasteiger partial charge < -0.3 is 13.9 Å². The van der Waals surface area contributed by atoms with Crippen molar-refractivity contribution in [3.63, 3.8) is 0 Å². The fraction of sp³-hybridized carbons (Fsp3) is 1.00. The largest absolute Gasteiger partial charge is 0.442 e. The maximum atomic E-state index is 14.5. The summed E-state index contributed by atoms with van der Waals surface area (Å²) in [6.45, 7) is 10.6. The van der Waals surface area contributed by atoms with E-state index in [0.29, 0.717) is 18.8 Å². The van der Waals surface area contributed by atoms with Crippen molar-refractivity contribution in [1.29, 1.82) is 0 Å². The quantitative estimate of drug-likeness (QED) is 0.462. The smallest absolute Gasteiger partial charge is 0.384 e. The van der Waals surface area contributed by atoms with E-state index >= 15 is 0 Å². The van der Waals surface area contributed by atoms with Gasteiger partial charge in [0.15, 0.2) is 20.2 Å². The summed E-state index contributed by atoms with van der Waals surface area (Å²) in [7, 11) is -2.61. The van der Waals surface area contributed by atoms with Gasteiger partial charge in [0.05, 0.1) is 0 Å². The minimum atomic E-state index is -4.69. The van der Waals surface area contributed by atoms with Gasteiger partial charge in [0, 0.05) is 18.3 Å². The molecule has 9 heteroatoms. The molecule has 0 aromatic rings. The lowest BCUT2D eigenvalue weighted by Crippen LogP contribution is -2.76. The minimum absolute atomic E-state index is 0.0149. The third-order valence-electron chi connectivity index (χ3n) is 7.11. The van der Waals surface area contributed by atoms with Crippen molar-refractivity contribution in [2.24, 2.45) is 23.7 Å². The fourth-order valence-corrected chi connectivity index (χ4v) is 7.13. The van der Waals surface area contributed by atoms with Gasteiger partial charge in [-0.1, -0.05) is 13.8 Å². The highest BCUT2D eigenvalue weighted by molar-refractivity contribution is 6.69. The maximum absolute atomic E-state index is 14.5. The molecule has 0 unspecified atom stereocenters. The molecule has 162 valence electrons. The SMILES string of the molecule is C[C@@H]1CC[C@H]2[C@@H](C)[C@@](O[Si](C)(C)C)(C(F)(F)F)O[C@@H]3O[C@@]4(C)CC[C@@H]1[C@]32OO4. The van der Waals surface area contributed by atoms with E-state index in [1.54, 1.807) is 33.5 Å². The summed E-state index contributed by atoms with van der Waals surface area (Å²) < 4.78 is 61.3. The van der Waals surface area contributed by atoms with Crippen LogP contribution in [0, 0.1) is 23.7 Å². The fourth-order valence-electron chi connectivity index (χ4n) is 5.87. The van der Waals surface area contributed by atoms with Crippen LogP contribution in [0.1, 0.15) is 46.5 Å². The molecular weight excluding hydrogens is 393 g/mol. The molecule has 0 radical (unpaired) electrons. The van der Waals surface area contributed by atoms with E-state index in [1.165, 1.54) is 0 Å². The van der Waals surface area contributed by atoms with E-state index in [9.17, 15) is 13.2 Å². The van der Waals surface area contributed by atoms with Crippen LogP contribution < -0.4 is 0 Å². The molecule has 1 spiro atoms. The van der Waals surface area contributed by atoms with Gasteiger partial charge in [-0.15, -0.1) is 0 Å². The molecule has 4 heterocycles. The Bertz CT molecular complexity index is 640. The highest BCUT2D eigenvalue weighted by atomic mass is 28.4. The molecule has 5 fully saturated rings. The Hall–Kier alpha value is -0.193. The van der Waals surface area contributed by atoms with Crippen LogP contribution in [-0.2, 0) is 23.7 Å². The second kappa shape index (κ2) is 6.17. The number of rotatable bonds is 2.